The van der Waals surface area contributed by atoms with Gasteiger partial charge >= 0.3 is 18.2 Å². The van der Waals surface area contributed by atoms with Crippen LogP contribution >= 0.6 is 22.6 Å². The Morgan fingerprint density at radius 3 is 2.56 bits per heavy atom. The van der Waals surface area contributed by atoms with Crippen LogP contribution in [0.25, 0.3) is 0 Å². The Hall–Kier alpha value is -1.39. The number of hydrogen-bond donors (Lipinski definition) is 1. The van der Waals surface area contributed by atoms with Crippen molar-refractivity contribution in [3.05, 3.63) is 31.0 Å². The number of carboxylic acids is 1. The molecule has 16 heavy (non-hydrogen) atoms. The van der Waals surface area contributed by atoms with Crippen molar-refractivity contribution >= 4 is 34.4 Å². The number of rotatable bonds is 3. The van der Waals surface area contributed by atoms with Crippen molar-refractivity contribution in [3.8, 4) is 0 Å². The molecule has 1 aromatic rings. The van der Waals surface area contributed by atoms with Crippen LogP contribution in [0.2, 0.25) is 0 Å². The third-order valence-electron chi connectivity index (χ3n) is 1.59. The van der Waals surface area contributed by atoms with E-state index < -0.39 is 34.4 Å². The van der Waals surface area contributed by atoms with Gasteiger partial charge in [0.25, 0.3) is 0 Å². The van der Waals surface area contributed by atoms with Crippen LogP contribution in [0.3, 0.4) is 0 Å². The average Bonchev–Trinajstić information content (AvgIpc) is 2.16. The minimum absolute atomic E-state index is 0.300. The number of halogens is 3. The highest BCUT2D eigenvalue weighted by Crippen LogP contribution is 2.28. The van der Waals surface area contributed by atoms with Crippen molar-refractivity contribution in [3.63, 3.8) is 0 Å². The van der Waals surface area contributed by atoms with Crippen molar-refractivity contribution in [2.24, 2.45) is 0 Å². The van der Waals surface area contributed by atoms with E-state index in [1.54, 1.807) is 0 Å². The maximum absolute atomic E-state index is 12.4. The van der Waals surface area contributed by atoms with Crippen LogP contribution < -0.4 is 0 Å². The van der Waals surface area contributed by atoms with Crippen LogP contribution in [0.4, 0.5) is 14.6 Å². The quantitative estimate of drug-likeness (QED) is 0.516. The third kappa shape index (κ3) is 2.40. The predicted molar refractivity (Wildman–Crippen MR) is 55.5 cm³/mol. The number of aromatic nitrogens is 1. The smallest absolute Gasteiger partial charge is 0.364 e. The molecular formula is C7H3F2IN2O4. The summed E-state index contributed by atoms with van der Waals surface area (Å²) >= 11 is 1.37. The highest BCUT2D eigenvalue weighted by molar-refractivity contribution is 14.1. The Morgan fingerprint density at radius 1 is 1.62 bits per heavy atom. The van der Waals surface area contributed by atoms with Gasteiger partial charge in [-0.05, 0) is 32.5 Å². The van der Waals surface area contributed by atoms with Crippen molar-refractivity contribution in [1.29, 1.82) is 0 Å². The lowest BCUT2D eigenvalue weighted by Gasteiger charge is -2.02. The zero-order valence-corrected chi connectivity index (χ0v) is 9.51. The molecule has 0 aliphatic rings. The number of hydrogen-bond acceptors (Lipinski definition) is 4. The van der Waals surface area contributed by atoms with Crippen molar-refractivity contribution in [2.75, 3.05) is 0 Å². The summed E-state index contributed by atoms with van der Waals surface area (Å²) in [4.78, 5) is 23.1. The molecule has 0 aliphatic heterocycles. The second-order valence-electron chi connectivity index (χ2n) is 2.59. The fourth-order valence-electron chi connectivity index (χ4n) is 0.929. The van der Waals surface area contributed by atoms with E-state index in [1.807, 2.05) is 0 Å². The molecule has 9 heteroatoms. The van der Waals surface area contributed by atoms with Crippen molar-refractivity contribution in [2.45, 2.75) is 6.43 Å². The lowest BCUT2D eigenvalue weighted by atomic mass is 10.2. The molecule has 0 amide bonds. The Balaban J connectivity index is 3.51. The van der Waals surface area contributed by atoms with Gasteiger partial charge < -0.3 is 15.2 Å². The molecule has 0 radical (unpaired) electrons. The highest BCUT2D eigenvalue weighted by Gasteiger charge is 2.28. The van der Waals surface area contributed by atoms with Crippen molar-refractivity contribution < 1.29 is 23.6 Å². The SMILES string of the molecule is O=C(O)c1cc([N+](=O)[O-])nc(C(F)F)c1I. The number of carboxylic acid groups (broad SMARTS) is 1. The lowest BCUT2D eigenvalue weighted by Crippen LogP contribution is -2.08. The van der Waals surface area contributed by atoms with Gasteiger partial charge in [-0.3, -0.25) is 0 Å². The minimum Gasteiger partial charge on any atom is -0.478 e. The second kappa shape index (κ2) is 4.63. The number of nitrogens with zero attached hydrogens (tertiary/aromatic N) is 2. The van der Waals surface area contributed by atoms with Crippen LogP contribution in [0.1, 0.15) is 22.5 Å². The Morgan fingerprint density at radius 2 is 2.19 bits per heavy atom. The first kappa shape index (κ1) is 12.7. The summed E-state index contributed by atoms with van der Waals surface area (Å²) in [5.41, 5.74) is -1.45. The first-order valence-electron chi connectivity index (χ1n) is 3.71. The molecule has 0 aromatic carbocycles. The molecule has 86 valence electrons. The molecule has 1 N–H and O–H groups in total. The lowest BCUT2D eigenvalue weighted by molar-refractivity contribution is -0.389. The van der Waals surface area contributed by atoms with Gasteiger partial charge in [0.05, 0.1) is 15.2 Å². The van der Waals surface area contributed by atoms with Crippen LogP contribution in [0, 0.1) is 13.7 Å². The molecule has 0 bridgehead atoms. The molecule has 0 atom stereocenters. The standard InChI is InChI=1S/C7H3F2IN2O4/c8-6(9)5-4(10)2(7(13)14)1-3(11-5)12(15)16/h1,6H,(H,13,14). The van der Waals surface area contributed by atoms with E-state index in [0.717, 1.165) is 0 Å². The summed E-state index contributed by atoms with van der Waals surface area (Å²) in [7, 11) is 0. The molecule has 1 rings (SSSR count). The van der Waals surface area contributed by atoms with Gasteiger partial charge in [-0.2, -0.15) is 0 Å². The summed E-state index contributed by atoms with van der Waals surface area (Å²) in [6, 6.07) is 0.649. The number of alkyl halides is 2. The summed E-state index contributed by atoms with van der Waals surface area (Å²) in [5, 5.41) is 19.0. The van der Waals surface area contributed by atoms with Gasteiger partial charge in [0.2, 0.25) is 5.69 Å². The monoisotopic (exact) mass is 344 g/mol. The average molecular weight is 344 g/mol. The Bertz CT molecular complexity index is 466. The van der Waals surface area contributed by atoms with Crippen LogP contribution in [0.15, 0.2) is 6.07 Å². The number of nitro groups is 1. The fourth-order valence-corrected chi connectivity index (χ4v) is 1.67. The summed E-state index contributed by atoms with van der Waals surface area (Å²) in [5.74, 6) is -2.43. The van der Waals surface area contributed by atoms with Gasteiger partial charge in [0.15, 0.2) is 0 Å². The van der Waals surface area contributed by atoms with Crippen LogP contribution in [0.5, 0.6) is 0 Å². The normalized spacial score (nSPS) is 10.5. The van der Waals surface area contributed by atoms with Gasteiger partial charge in [-0.15, -0.1) is 0 Å². The maximum atomic E-state index is 12.4. The van der Waals surface area contributed by atoms with Gasteiger partial charge in [-0.1, -0.05) is 0 Å². The molecule has 6 nitrogen and oxygen atoms in total. The molecule has 0 saturated heterocycles. The van der Waals surface area contributed by atoms with E-state index in [0.29, 0.717) is 6.07 Å². The highest BCUT2D eigenvalue weighted by atomic mass is 127. The molecular weight excluding hydrogens is 341 g/mol. The predicted octanol–water partition coefficient (Wildman–Crippen LogP) is 2.23. The number of pyridine rings is 1. The first-order chi connectivity index (χ1) is 7.34. The van der Waals surface area contributed by atoms with E-state index in [-0.39, 0.29) is 3.57 Å². The second-order valence-corrected chi connectivity index (χ2v) is 3.67. The Kier molecular flexibility index (Phi) is 3.67. The minimum atomic E-state index is -3.06. The summed E-state index contributed by atoms with van der Waals surface area (Å²) < 4.78 is 24.6. The first-order valence-corrected chi connectivity index (χ1v) is 4.78. The van der Waals surface area contributed by atoms with E-state index in [9.17, 15) is 23.7 Å². The van der Waals surface area contributed by atoms with Crippen LogP contribution in [-0.4, -0.2) is 21.0 Å². The van der Waals surface area contributed by atoms with Gasteiger partial charge in [0, 0.05) is 0 Å². The molecule has 1 aromatic heterocycles. The van der Waals surface area contributed by atoms with E-state index in [1.165, 1.54) is 22.6 Å². The molecule has 0 unspecified atom stereocenters. The van der Waals surface area contributed by atoms with Crippen molar-refractivity contribution in [1.82, 2.24) is 4.98 Å². The maximum Gasteiger partial charge on any atom is 0.364 e. The topological polar surface area (TPSA) is 93.3 Å². The molecule has 1 heterocycles. The van der Waals surface area contributed by atoms with E-state index in [4.69, 9.17) is 5.11 Å². The summed E-state index contributed by atoms with van der Waals surface area (Å²) in [6.45, 7) is 0. The summed E-state index contributed by atoms with van der Waals surface area (Å²) in [6.07, 6.45) is -3.06. The zero-order chi connectivity index (χ0) is 12.5. The molecule has 0 fully saturated rings. The van der Waals surface area contributed by atoms with Gasteiger partial charge in [-0.25, -0.2) is 13.6 Å². The molecule has 0 spiro atoms. The Labute approximate surface area is 101 Å². The number of carbonyl (C=O) groups is 1. The van der Waals surface area contributed by atoms with E-state index >= 15 is 0 Å². The molecule has 0 saturated carbocycles. The largest absolute Gasteiger partial charge is 0.478 e. The van der Waals surface area contributed by atoms with Gasteiger partial charge in [0.1, 0.15) is 0 Å². The number of aromatic carboxylic acids is 1. The third-order valence-corrected chi connectivity index (χ3v) is 2.73. The van der Waals surface area contributed by atoms with E-state index in [2.05, 4.69) is 4.98 Å². The fraction of sp³-hybridized carbons (Fsp3) is 0.143. The molecule has 0 aliphatic carbocycles. The zero-order valence-electron chi connectivity index (χ0n) is 7.35. The van der Waals surface area contributed by atoms with Crippen LogP contribution in [-0.2, 0) is 0 Å².